The number of β-amino-alcohol motifs (C(OH)–C–C–N with tert-alkyl or cyclic N) is 1. The normalized spacial score (nSPS) is 20.6. The molecule has 134 valence electrons. The molecule has 1 atom stereocenters. The Morgan fingerprint density at radius 2 is 2.12 bits per heavy atom. The molecule has 0 aromatic carbocycles. The van der Waals surface area contributed by atoms with Gasteiger partial charge in [0.15, 0.2) is 0 Å². The summed E-state index contributed by atoms with van der Waals surface area (Å²) in [6, 6.07) is 1.77. The third-order valence-electron chi connectivity index (χ3n) is 4.51. The van der Waals surface area contributed by atoms with Crippen molar-refractivity contribution in [2.24, 2.45) is 7.05 Å². The van der Waals surface area contributed by atoms with E-state index in [1.165, 1.54) is 0 Å². The number of carbonyl (C=O) groups excluding carboxylic acids is 1. The van der Waals surface area contributed by atoms with E-state index in [1.807, 2.05) is 11.8 Å². The number of nitrogens with zero attached hydrogens (tertiary/aromatic N) is 6. The highest BCUT2D eigenvalue weighted by Gasteiger charge is 2.36. The molecule has 0 bridgehead atoms. The van der Waals surface area contributed by atoms with Crippen LogP contribution in [-0.2, 0) is 7.05 Å². The quantitative estimate of drug-likeness (QED) is 0.875. The number of amides is 1. The van der Waals surface area contributed by atoms with Gasteiger partial charge in [-0.05, 0) is 25.8 Å². The third kappa shape index (κ3) is 3.79. The fourth-order valence-corrected chi connectivity index (χ4v) is 3.40. The van der Waals surface area contributed by atoms with E-state index in [0.717, 1.165) is 13.0 Å². The maximum Gasteiger partial charge on any atom is 0.257 e. The molecule has 0 aliphatic carbocycles. The van der Waals surface area contributed by atoms with Crippen LogP contribution >= 0.6 is 0 Å². The Bertz CT molecular complexity index is 747. The van der Waals surface area contributed by atoms with Gasteiger partial charge in [-0.2, -0.15) is 5.10 Å². The zero-order valence-electron chi connectivity index (χ0n) is 14.9. The smallest absolute Gasteiger partial charge is 0.257 e. The van der Waals surface area contributed by atoms with Crippen LogP contribution in [0.25, 0.3) is 0 Å². The summed E-state index contributed by atoms with van der Waals surface area (Å²) in [5, 5.41) is 15.2. The molecule has 2 aromatic heterocycles. The van der Waals surface area contributed by atoms with Crippen LogP contribution in [0.4, 0.5) is 5.95 Å². The van der Waals surface area contributed by atoms with Gasteiger partial charge in [0.1, 0.15) is 0 Å². The topological polar surface area (TPSA) is 87.4 Å². The summed E-state index contributed by atoms with van der Waals surface area (Å²) in [7, 11) is 3.50. The van der Waals surface area contributed by atoms with E-state index in [2.05, 4.69) is 15.1 Å². The Balaban J connectivity index is 1.70. The molecule has 8 nitrogen and oxygen atoms in total. The molecule has 1 amide bonds. The van der Waals surface area contributed by atoms with Gasteiger partial charge in [0.05, 0.1) is 29.9 Å². The van der Waals surface area contributed by atoms with Gasteiger partial charge in [0.25, 0.3) is 5.91 Å². The second-order valence-electron chi connectivity index (χ2n) is 6.76. The van der Waals surface area contributed by atoms with Gasteiger partial charge in [-0.15, -0.1) is 0 Å². The van der Waals surface area contributed by atoms with Crippen molar-refractivity contribution in [3.63, 3.8) is 0 Å². The highest BCUT2D eigenvalue weighted by molar-refractivity contribution is 5.94. The lowest BCUT2D eigenvalue weighted by Gasteiger charge is -2.41. The number of rotatable bonds is 4. The van der Waals surface area contributed by atoms with Crippen LogP contribution in [0, 0.1) is 6.92 Å². The number of anilines is 1. The van der Waals surface area contributed by atoms with Crippen molar-refractivity contribution in [3.05, 3.63) is 35.9 Å². The zero-order chi connectivity index (χ0) is 18.0. The molecule has 1 N–H and O–H groups in total. The van der Waals surface area contributed by atoms with Gasteiger partial charge in [-0.1, -0.05) is 0 Å². The Hall–Kier alpha value is -2.48. The summed E-state index contributed by atoms with van der Waals surface area (Å²) < 4.78 is 1.63. The van der Waals surface area contributed by atoms with Gasteiger partial charge < -0.3 is 14.9 Å². The second-order valence-corrected chi connectivity index (χ2v) is 6.76. The predicted molar refractivity (Wildman–Crippen MR) is 93.3 cm³/mol. The molecule has 1 aliphatic rings. The number of carbonyl (C=O) groups is 1. The summed E-state index contributed by atoms with van der Waals surface area (Å²) in [6.45, 7) is 3.26. The van der Waals surface area contributed by atoms with Crippen molar-refractivity contribution in [1.29, 1.82) is 0 Å². The fraction of sp³-hybridized carbons (Fsp3) is 0.529. The average molecular weight is 344 g/mol. The lowest BCUT2D eigenvalue weighted by molar-refractivity contribution is -0.000320. The zero-order valence-corrected chi connectivity index (χ0v) is 14.9. The lowest BCUT2D eigenvalue weighted by Crippen LogP contribution is -2.55. The summed E-state index contributed by atoms with van der Waals surface area (Å²) >= 11 is 0. The molecule has 0 unspecified atom stereocenters. The minimum Gasteiger partial charge on any atom is -0.386 e. The number of aromatic nitrogens is 4. The first-order valence-electron chi connectivity index (χ1n) is 8.38. The van der Waals surface area contributed by atoms with E-state index < -0.39 is 5.60 Å². The molecule has 3 rings (SSSR count). The first-order valence-corrected chi connectivity index (χ1v) is 8.38. The minimum absolute atomic E-state index is 0.132. The summed E-state index contributed by atoms with van der Waals surface area (Å²) in [5.41, 5.74) is 0.264. The SMILES string of the molecule is Cc1nn(C)cc1C(=O)N(C)C[C@@]1(O)CCCN(c2ncccn2)C1. The molecule has 1 aliphatic heterocycles. The Labute approximate surface area is 147 Å². The molecule has 2 aromatic rings. The number of aliphatic hydroxyl groups is 1. The molecule has 1 saturated heterocycles. The number of hydrogen-bond donors (Lipinski definition) is 1. The van der Waals surface area contributed by atoms with Crippen LogP contribution in [0.5, 0.6) is 0 Å². The summed E-state index contributed by atoms with van der Waals surface area (Å²) in [6.07, 6.45) is 6.56. The lowest BCUT2D eigenvalue weighted by atomic mass is 9.92. The minimum atomic E-state index is -0.988. The van der Waals surface area contributed by atoms with E-state index >= 15 is 0 Å². The van der Waals surface area contributed by atoms with E-state index in [4.69, 9.17) is 0 Å². The maximum absolute atomic E-state index is 12.7. The molecular weight excluding hydrogens is 320 g/mol. The van der Waals surface area contributed by atoms with Crippen LogP contribution < -0.4 is 4.90 Å². The monoisotopic (exact) mass is 344 g/mol. The number of likely N-dealkylation sites (N-methyl/N-ethyl adjacent to an activating group) is 1. The molecule has 3 heterocycles. The summed E-state index contributed by atoms with van der Waals surface area (Å²) in [5.74, 6) is 0.477. The fourth-order valence-electron chi connectivity index (χ4n) is 3.40. The highest BCUT2D eigenvalue weighted by atomic mass is 16.3. The third-order valence-corrected chi connectivity index (χ3v) is 4.51. The molecule has 1 fully saturated rings. The van der Waals surface area contributed by atoms with E-state index in [-0.39, 0.29) is 12.5 Å². The molecule has 25 heavy (non-hydrogen) atoms. The maximum atomic E-state index is 12.7. The first kappa shape index (κ1) is 17.3. The van der Waals surface area contributed by atoms with Gasteiger partial charge in [0.2, 0.25) is 5.95 Å². The van der Waals surface area contributed by atoms with Gasteiger partial charge in [0, 0.05) is 39.2 Å². The van der Waals surface area contributed by atoms with Gasteiger partial charge >= 0.3 is 0 Å². The van der Waals surface area contributed by atoms with Crippen molar-refractivity contribution in [1.82, 2.24) is 24.6 Å². The highest BCUT2D eigenvalue weighted by Crippen LogP contribution is 2.25. The molecule has 8 heteroatoms. The predicted octanol–water partition coefficient (Wildman–Crippen LogP) is 0.622. The number of piperidine rings is 1. The Morgan fingerprint density at radius 1 is 1.40 bits per heavy atom. The van der Waals surface area contributed by atoms with Crippen LogP contribution in [0.3, 0.4) is 0 Å². The van der Waals surface area contributed by atoms with Crippen molar-refractivity contribution >= 4 is 11.9 Å². The van der Waals surface area contributed by atoms with Gasteiger partial charge in [-0.25, -0.2) is 9.97 Å². The van der Waals surface area contributed by atoms with Crippen LogP contribution in [0.2, 0.25) is 0 Å². The number of hydrogen-bond acceptors (Lipinski definition) is 6. The Morgan fingerprint density at radius 3 is 2.76 bits per heavy atom. The molecule has 0 saturated carbocycles. The average Bonchev–Trinajstić information content (AvgIpc) is 2.93. The van der Waals surface area contributed by atoms with Crippen molar-refractivity contribution in [2.75, 3.05) is 31.6 Å². The summed E-state index contributed by atoms with van der Waals surface area (Å²) in [4.78, 5) is 24.7. The second kappa shape index (κ2) is 6.79. The van der Waals surface area contributed by atoms with Crippen molar-refractivity contribution in [2.45, 2.75) is 25.4 Å². The molecule has 0 spiro atoms. The van der Waals surface area contributed by atoms with Gasteiger partial charge in [-0.3, -0.25) is 9.48 Å². The van der Waals surface area contributed by atoms with Crippen molar-refractivity contribution < 1.29 is 9.90 Å². The van der Waals surface area contributed by atoms with Crippen LogP contribution in [0.15, 0.2) is 24.7 Å². The largest absolute Gasteiger partial charge is 0.386 e. The first-order chi connectivity index (χ1) is 11.9. The van der Waals surface area contributed by atoms with E-state index in [1.54, 1.807) is 48.3 Å². The molecule has 0 radical (unpaired) electrons. The van der Waals surface area contributed by atoms with E-state index in [9.17, 15) is 9.90 Å². The van der Waals surface area contributed by atoms with E-state index in [0.29, 0.717) is 30.2 Å². The standard InChI is InChI=1S/C17H24N6O2/c1-13-14(10-22(3)20-13)15(24)21(2)11-17(25)6-4-9-23(12-17)16-18-7-5-8-19-16/h5,7-8,10,25H,4,6,9,11-12H2,1-3H3/t17-/m0/s1. The van der Waals surface area contributed by atoms with Crippen LogP contribution in [0.1, 0.15) is 28.9 Å². The number of aryl methyl sites for hydroxylation is 2. The van der Waals surface area contributed by atoms with Crippen molar-refractivity contribution in [3.8, 4) is 0 Å². The molecular formula is C17H24N6O2. The van der Waals surface area contributed by atoms with Crippen LogP contribution in [-0.4, -0.2) is 67.9 Å². The Kier molecular flexibility index (Phi) is 4.71.